The van der Waals surface area contributed by atoms with Gasteiger partial charge in [0.1, 0.15) is 18.0 Å². The van der Waals surface area contributed by atoms with E-state index >= 15 is 0 Å². The quantitative estimate of drug-likeness (QED) is 0.595. The number of nitrogens with one attached hydrogen (secondary N) is 2. The Bertz CT molecular complexity index is 933. The lowest BCUT2D eigenvalue weighted by atomic mass is 10.2. The van der Waals surface area contributed by atoms with Crippen LogP contribution in [0.3, 0.4) is 0 Å². The Morgan fingerprint density at radius 3 is 2.35 bits per heavy atom. The Morgan fingerprint density at radius 2 is 1.65 bits per heavy atom. The minimum atomic E-state index is -0.447. The molecule has 132 valence electrons. The molecular formula is C18H14Cl2N4O2. The van der Waals surface area contributed by atoms with Crippen LogP contribution >= 0.6 is 23.2 Å². The van der Waals surface area contributed by atoms with Crippen molar-refractivity contribution in [1.29, 1.82) is 0 Å². The molecule has 26 heavy (non-hydrogen) atoms. The van der Waals surface area contributed by atoms with Gasteiger partial charge in [-0.1, -0.05) is 23.2 Å². The van der Waals surface area contributed by atoms with E-state index in [0.717, 1.165) is 5.69 Å². The van der Waals surface area contributed by atoms with Gasteiger partial charge in [0.25, 0.3) is 0 Å². The number of halogens is 2. The lowest BCUT2D eigenvalue weighted by Crippen LogP contribution is -2.03. The molecule has 0 spiro atoms. The molecule has 3 aromatic rings. The standard InChI is InChI=1S/C18H14Cl2N4O2/c1-26-18(25)11-2-7-14(20)15(8-11)24-17-9-16(21-10-22-17)23-13-5-3-12(19)4-6-13/h2-10H,1H3,(H2,21,22,23,24). The van der Waals surface area contributed by atoms with Gasteiger partial charge < -0.3 is 15.4 Å². The Hall–Kier alpha value is -2.83. The van der Waals surface area contributed by atoms with Gasteiger partial charge in [-0.05, 0) is 42.5 Å². The van der Waals surface area contributed by atoms with E-state index in [9.17, 15) is 4.79 Å². The van der Waals surface area contributed by atoms with Gasteiger partial charge in [-0.15, -0.1) is 0 Å². The van der Waals surface area contributed by atoms with E-state index in [2.05, 4.69) is 20.6 Å². The summed E-state index contributed by atoms with van der Waals surface area (Å²) in [6, 6.07) is 13.8. The molecule has 2 aromatic carbocycles. The van der Waals surface area contributed by atoms with Gasteiger partial charge in [0.05, 0.1) is 23.4 Å². The van der Waals surface area contributed by atoms with Gasteiger partial charge >= 0.3 is 5.97 Å². The van der Waals surface area contributed by atoms with Crippen LogP contribution in [0.5, 0.6) is 0 Å². The van der Waals surface area contributed by atoms with Crippen LogP contribution in [0.2, 0.25) is 10.0 Å². The van der Waals surface area contributed by atoms with Crippen molar-refractivity contribution in [2.45, 2.75) is 0 Å². The fraction of sp³-hybridized carbons (Fsp3) is 0.0556. The van der Waals surface area contributed by atoms with Crippen LogP contribution in [-0.2, 0) is 4.74 Å². The van der Waals surface area contributed by atoms with Crippen molar-refractivity contribution in [2.24, 2.45) is 0 Å². The van der Waals surface area contributed by atoms with Crippen LogP contribution in [0.4, 0.5) is 23.0 Å². The van der Waals surface area contributed by atoms with Gasteiger partial charge in [0.15, 0.2) is 0 Å². The number of hydrogen-bond donors (Lipinski definition) is 2. The van der Waals surface area contributed by atoms with E-state index in [1.807, 2.05) is 12.1 Å². The number of carbonyl (C=O) groups is 1. The van der Waals surface area contributed by atoms with Crippen molar-refractivity contribution < 1.29 is 9.53 Å². The second-order valence-corrected chi connectivity index (χ2v) is 6.08. The van der Waals surface area contributed by atoms with Gasteiger partial charge in [-0.2, -0.15) is 0 Å². The molecule has 1 heterocycles. The number of aromatic nitrogens is 2. The molecule has 8 heteroatoms. The number of ether oxygens (including phenoxy) is 1. The smallest absolute Gasteiger partial charge is 0.337 e. The monoisotopic (exact) mass is 388 g/mol. The summed E-state index contributed by atoms with van der Waals surface area (Å²) in [5, 5.41) is 7.33. The van der Waals surface area contributed by atoms with Gasteiger partial charge in [0, 0.05) is 16.8 Å². The molecule has 3 rings (SSSR count). The summed E-state index contributed by atoms with van der Waals surface area (Å²) < 4.78 is 4.72. The Balaban J connectivity index is 1.80. The number of esters is 1. The number of rotatable bonds is 5. The van der Waals surface area contributed by atoms with Crippen molar-refractivity contribution in [3.63, 3.8) is 0 Å². The highest BCUT2D eigenvalue weighted by Gasteiger charge is 2.10. The molecule has 0 atom stereocenters. The lowest BCUT2D eigenvalue weighted by molar-refractivity contribution is 0.0601. The third kappa shape index (κ3) is 4.41. The third-order valence-corrected chi connectivity index (χ3v) is 4.02. The zero-order chi connectivity index (χ0) is 18.5. The van der Waals surface area contributed by atoms with E-state index in [-0.39, 0.29) is 0 Å². The first kappa shape index (κ1) is 18.0. The summed E-state index contributed by atoms with van der Waals surface area (Å²) in [5.41, 5.74) is 1.75. The Kier molecular flexibility index (Phi) is 5.55. The van der Waals surface area contributed by atoms with Crippen molar-refractivity contribution in [3.8, 4) is 0 Å². The fourth-order valence-electron chi connectivity index (χ4n) is 2.18. The molecular weight excluding hydrogens is 375 g/mol. The van der Waals surface area contributed by atoms with Crippen LogP contribution < -0.4 is 10.6 Å². The molecule has 0 aliphatic carbocycles. The zero-order valence-electron chi connectivity index (χ0n) is 13.7. The summed E-state index contributed by atoms with van der Waals surface area (Å²) in [5.74, 6) is 0.656. The number of nitrogens with zero attached hydrogens (tertiary/aromatic N) is 2. The predicted octanol–water partition coefficient (Wildman–Crippen LogP) is 5.06. The predicted molar refractivity (Wildman–Crippen MR) is 103 cm³/mol. The summed E-state index contributed by atoms with van der Waals surface area (Å²) in [6.07, 6.45) is 1.42. The Labute approximate surface area is 160 Å². The minimum Gasteiger partial charge on any atom is -0.465 e. The molecule has 0 fully saturated rings. The molecule has 0 radical (unpaired) electrons. The molecule has 0 saturated carbocycles. The third-order valence-electron chi connectivity index (χ3n) is 3.43. The van der Waals surface area contributed by atoms with Crippen LogP contribution in [0.25, 0.3) is 0 Å². The molecule has 0 bridgehead atoms. The minimum absolute atomic E-state index is 0.382. The average molecular weight is 389 g/mol. The number of anilines is 4. The number of benzene rings is 2. The SMILES string of the molecule is COC(=O)c1ccc(Cl)c(Nc2cc(Nc3ccc(Cl)cc3)ncn2)c1. The van der Waals surface area contributed by atoms with Crippen molar-refractivity contribution in [2.75, 3.05) is 17.7 Å². The summed E-state index contributed by atoms with van der Waals surface area (Å²) in [4.78, 5) is 20.0. The molecule has 6 nitrogen and oxygen atoms in total. The maximum absolute atomic E-state index is 11.7. The topological polar surface area (TPSA) is 76.1 Å². The number of hydrogen-bond acceptors (Lipinski definition) is 6. The van der Waals surface area contributed by atoms with E-state index in [4.69, 9.17) is 27.9 Å². The van der Waals surface area contributed by atoms with E-state index < -0.39 is 5.97 Å². The highest BCUT2D eigenvalue weighted by Crippen LogP contribution is 2.27. The van der Waals surface area contributed by atoms with Gasteiger partial charge in [0.2, 0.25) is 0 Å². The first-order valence-corrected chi connectivity index (χ1v) is 8.30. The molecule has 0 saturated heterocycles. The van der Waals surface area contributed by atoms with E-state index in [1.165, 1.54) is 13.4 Å². The lowest BCUT2D eigenvalue weighted by Gasteiger charge is -2.11. The summed E-state index contributed by atoms with van der Waals surface area (Å²) >= 11 is 12.1. The fourth-order valence-corrected chi connectivity index (χ4v) is 2.47. The normalized spacial score (nSPS) is 10.3. The van der Waals surface area contributed by atoms with E-state index in [1.54, 1.807) is 36.4 Å². The largest absolute Gasteiger partial charge is 0.465 e. The maximum Gasteiger partial charge on any atom is 0.337 e. The average Bonchev–Trinajstić information content (AvgIpc) is 2.65. The second kappa shape index (κ2) is 8.03. The van der Waals surface area contributed by atoms with Crippen molar-refractivity contribution in [3.05, 3.63) is 70.5 Å². The first-order valence-electron chi connectivity index (χ1n) is 7.54. The highest BCUT2D eigenvalue weighted by molar-refractivity contribution is 6.33. The van der Waals surface area contributed by atoms with Crippen LogP contribution in [0.1, 0.15) is 10.4 Å². The number of methoxy groups -OCH3 is 1. The molecule has 0 aliphatic rings. The zero-order valence-corrected chi connectivity index (χ0v) is 15.2. The molecule has 2 N–H and O–H groups in total. The first-order chi connectivity index (χ1) is 12.5. The van der Waals surface area contributed by atoms with Crippen molar-refractivity contribution in [1.82, 2.24) is 9.97 Å². The summed E-state index contributed by atoms with van der Waals surface area (Å²) in [7, 11) is 1.32. The van der Waals surface area contributed by atoms with Gasteiger partial charge in [-0.3, -0.25) is 0 Å². The number of carbonyl (C=O) groups excluding carboxylic acids is 1. The second-order valence-electron chi connectivity index (χ2n) is 5.23. The highest BCUT2D eigenvalue weighted by atomic mass is 35.5. The molecule has 0 aliphatic heterocycles. The van der Waals surface area contributed by atoms with Crippen LogP contribution in [0.15, 0.2) is 54.9 Å². The summed E-state index contributed by atoms with van der Waals surface area (Å²) in [6.45, 7) is 0. The molecule has 1 aromatic heterocycles. The van der Waals surface area contributed by atoms with Crippen molar-refractivity contribution >= 4 is 52.2 Å². The van der Waals surface area contributed by atoms with Gasteiger partial charge in [-0.25, -0.2) is 14.8 Å². The molecule has 0 amide bonds. The van der Waals surface area contributed by atoms with Crippen LogP contribution in [-0.4, -0.2) is 23.0 Å². The maximum atomic E-state index is 11.7. The van der Waals surface area contributed by atoms with E-state index in [0.29, 0.717) is 32.9 Å². The molecule has 0 unspecified atom stereocenters. The van der Waals surface area contributed by atoms with Crippen LogP contribution in [0, 0.1) is 0 Å². The Morgan fingerprint density at radius 1 is 0.962 bits per heavy atom.